The van der Waals surface area contributed by atoms with E-state index < -0.39 is 12.1 Å². The van der Waals surface area contributed by atoms with Gasteiger partial charge in [-0.1, -0.05) is 30.9 Å². The van der Waals surface area contributed by atoms with Crippen molar-refractivity contribution in [3.63, 3.8) is 0 Å². The first-order valence-electron chi connectivity index (χ1n) is 4.98. The highest BCUT2D eigenvalue weighted by Gasteiger charge is 2.15. The molecule has 0 saturated carbocycles. The fourth-order valence-corrected chi connectivity index (χ4v) is 1.09. The molecule has 0 spiro atoms. The van der Waals surface area contributed by atoms with Crippen LogP contribution in [0.4, 0.5) is 5.69 Å². The van der Waals surface area contributed by atoms with E-state index in [1.807, 2.05) is 30.3 Å². The van der Waals surface area contributed by atoms with Crippen molar-refractivity contribution in [2.45, 2.75) is 6.10 Å². The van der Waals surface area contributed by atoms with E-state index in [1.54, 1.807) is 0 Å². The Morgan fingerprint density at radius 1 is 1.50 bits per heavy atom. The summed E-state index contributed by atoms with van der Waals surface area (Å²) in [6.07, 6.45) is 0.287. The van der Waals surface area contributed by atoms with Crippen molar-refractivity contribution in [1.29, 1.82) is 0 Å². The Morgan fingerprint density at radius 2 is 2.19 bits per heavy atom. The summed E-state index contributed by atoms with van der Waals surface area (Å²) in [7, 11) is 0. The zero-order valence-electron chi connectivity index (χ0n) is 8.93. The van der Waals surface area contributed by atoms with Gasteiger partial charge in [-0.05, 0) is 12.1 Å². The number of nitrogens with one attached hydrogen (secondary N) is 1. The molecule has 4 heteroatoms. The molecule has 0 aliphatic carbocycles. The number of esters is 1. The van der Waals surface area contributed by atoms with E-state index in [4.69, 9.17) is 4.74 Å². The Hall–Kier alpha value is -1.81. The summed E-state index contributed by atoms with van der Waals surface area (Å²) in [6, 6.07) is 9.32. The molecule has 86 valence electrons. The minimum atomic E-state index is -1.17. The quantitative estimate of drug-likeness (QED) is 0.562. The van der Waals surface area contributed by atoms with E-state index in [0.717, 1.165) is 5.69 Å². The van der Waals surface area contributed by atoms with Gasteiger partial charge in [0, 0.05) is 5.69 Å². The summed E-state index contributed by atoms with van der Waals surface area (Å²) < 4.78 is 4.69. The number of aliphatic hydroxyl groups is 1. The Labute approximate surface area is 94.6 Å². The fourth-order valence-electron chi connectivity index (χ4n) is 1.09. The largest absolute Gasteiger partial charge is 0.460 e. The van der Waals surface area contributed by atoms with Gasteiger partial charge in [0.05, 0.1) is 6.54 Å². The van der Waals surface area contributed by atoms with Crippen LogP contribution >= 0.6 is 0 Å². The second-order valence-electron chi connectivity index (χ2n) is 3.18. The number of aliphatic hydroxyl groups excluding tert-OH is 1. The van der Waals surface area contributed by atoms with Gasteiger partial charge in [-0.15, -0.1) is 0 Å². The van der Waals surface area contributed by atoms with Crippen LogP contribution in [0.1, 0.15) is 0 Å². The summed E-state index contributed by atoms with van der Waals surface area (Å²) >= 11 is 0. The van der Waals surface area contributed by atoms with E-state index in [9.17, 15) is 9.90 Å². The molecule has 16 heavy (non-hydrogen) atoms. The fraction of sp³-hybridized carbons (Fsp3) is 0.250. The molecule has 1 aromatic carbocycles. The van der Waals surface area contributed by atoms with Gasteiger partial charge in [0.1, 0.15) is 6.61 Å². The van der Waals surface area contributed by atoms with Crippen molar-refractivity contribution < 1.29 is 14.6 Å². The SMILES string of the molecule is C=CCO[14C](=O)C(O)CNc1ccccc1. The summed E-state index contributed by atoms with van der Waals surface area (Å²) in [5.74, 6) is -0.650. The molecule has 1 atom stereocenters. The monoisotopic (exact) mass is 223 g/mol. The maximum absolute atomic E-state index is 11.2. The molecule has 0 aliphatic heterocycles. The molecular weight excluding hydrogens is 208 g/mol. The molecule has 1 rings (SSSR count). The molecular formula is C12H15NO3. The average molecular weight is 223 g/mol. The van der Waals surface area contributed by atoms with Crippen LogP contribution in [0.3, 0.4) is 0 Å². The van der Waals surface area contributed by atoms with Gasteiger partial charge >= 0.3 is 5.97 Å². The van der Waals surface area contributed by atoms with E-state index in [2.05, 4.69) is 11.9 Å². The number of carbonyl (C=O) groups excluding carboxylic acids is 1. The minimum Gasteiger partial charge on any atom is -0.460 e. The number of hydrogen-bond acceptors (Lipinski definition) is 4. The molecule has 2 N–H and O–H groups in total. The Bertz CT molecular complexity index is 337. The first-order valence-corrected chi connectivity index (χ1v) is 4.98. The smallest absolute Gasteiger partial charge is 0.337 e. The summed E-state index contributed by atoms with van der Waals surface area (Å²) in [4.78, 5) is 11.2. The molecule has 0 bridgehead atoms. The van der Waals surface area contributed by atoms with Crippen LogP contribution < -0.4 is 5.32 Å². The van der Waals surface area contributed by atoms with Gasteiger partial charge in [-0.2, -0.15) is 0 Å². The standard InChI is InChI=1S/C12H15NO3/c1-2-8-16-12(15)11(14)9-13-10-6-4-3-5-7-10/h2-7,11,13-14H,1,8-9H2/i12+2. The highest BCUT2D eigenvalue weighted by molar-refractivity contribution is 5.75. The Balaban J connectivity index is 2.32. The minimum absolute atomic E-state index is 0.112. The number of rotatable bonds is 6. The second-order valence-corrected chi connectivity index (χ2v) is 3.18. The lowest BCUT2D eigenvalue weighted by molar-refractivity contribution is -0.151. The molecule has 1 unspecified atom stereocenters. The van der Waals surface area contributed by atoms with E-state index >= 15 is 0 Å². The third-order valence-electron chi connectivity index (χ3n) is 1.89. The van der Waals surface area contributed by atoms with Crippen LogP contribution in [0.5, 0.6) is 0 Å². The van der Waals surface area contributed by atoms with Crippen LogP contribution in [0, 0.1) is 0 Å². The lowest BCUT2D eigenvalue weighted by Gasteiger charge is -2.11. The molecule has 1 aromatic rings. The number of anilines is 1. The number of benzene rings is 1. The zero-order valence-corrected chi connectivity index (χ0v) is 8.93. The van der Waals surface area contributed by atoms with Crippen molar-refractivity contribution in [2.24, 2.45) is 0 Å². The highest BCUT2D eigenvalue weighted by atomic mass is 16.8. The molecule has 0 aliphatic rings. The zero-order chi connectivity index (χ0) is 11.8. The summed E-state index contributed by atoms with van der Waals surface area (Å²) in [6.45, 7) is 3.65. The van der Waals surface area contributed by atoms with Gasteiger partial charge in [0.25, 0.3) is 0 Å². The number of carbonyl (C=O) groups is 1. The molecule has 0 fully saturated rings. The molecule has 0 radical (unpaired) electrons. The molecule has 0 heterocycles. The summed E-state index contributed by atoms with van der Waals surface area (Å²) in [5.41, 5.74) is 0.845. The van der Waals surface area contributed by atoms with Crippen molar-refractivity contribution in [1.82, 2.24) is 0 Å². The Kier molecular flexibility index (Phi) is 5.08. The third-order valence-corrected chi connectivity index (χ3v) is 1.89. The van der Waals surface area contributed by atoms with Crippen LogP contribution in [-0.4, -0.2) is 30.3 Å². The van der Waals surface area contributed by atoms with Gasteiger partial charge in [0.15, 0.2) is 6.10 Å². The molecule has 0 aromatic heterocycles. The van der Waals surface area contributed by atoms with Crippen LogP contribution in [0.15, 0.2) is 43.0 Å². The third kappa shape index (κ3) is 4.14. The lowest BCUT2D eigenvalue weighted by Crippen LogP contribution is -2.30. The predicted octanol–water partition coefficient (Wildman–Crippen LogP) is 1.19. The average Bonchev–Trinajstić information content (AvgIpc) is 2.34. The first-order chi connectivity index (χ1) is 7.74. The topological polar surface area (TPSA) is 58.6 Å². The maximum Gasteiger partial charge on any atom is 0.337 e. The van der Waals surface area contributed by atoms with Crippen molar-refractivity contribution in [2.75, 3.05) is 18.5 Å². The van der Waals surface area contributed by atoms with Gasteiger partial charge in [-0.3, -0.25) is 0 Å². The normalized spacial score (nSPS) is 11.6. The van der Waals surface area contributed by atoms with E-state index in [1.165, 1.54) is 6.08 Å². The van der Waals surface area contributed by atoms with Crippen LogP contribution in [-0.2, 0) is 9.53 Å². The number of hydrogen-bond donors (Lipinski definition) is 2. The predicted molar refractivity (Wildman–Crippen MR) is 62.1 cm³/mol. The molecule has 0 amide bonds. The maximum atomic E-state index is 11.2. The van der Waals surface area contributed by atoms with Gasteiger partial charge in [-0.25, -0.2) is 4.79 Å². The van der Waals surface area contributed by atoms with E-state index in [-0.39, 0.29) is 13.2 Å². The lowest BCUT2D eigenvalue weighted by atomic mass is 10.3. The second kappa shape index (κ2) is 6.63. The van der Waals surface area contributed by atoms with Crippen LogP contribution in [0.2, 0.25) is 0 Å². The molecule has 0 saturated heterocycles. The first kappa shape index (κ1) is 12.3. The van der Waals surface area contributed by atoms with Crippen molar-refractivity contribution in [3.05, 3.63) is 43.0 Å². The van der Waals surface area contributed by atoms with Crippen molar-refractivity contribution in [3.8, 4) is 0 Å². The number of ether oxygens (including phenoxy) is 1. The highest BCUT2D eigenvalue weighted by Crippen LogP contribution is 2.04. The Morgan fingerprint density at radius 3 is 2.81 bits per heavy atom. The summed E-state index contributed by atoms with van der Waals surface area (Å²) in [5, 5.41) is 12.4. The van der Waals surface area contributed by atoms with Crippen molar-refractivity contribution >= 4 is 11.7 Å². The van der Waals surface area contributed by atoms with Crippen LogP contribution in [0.25, 0.3) is 0 Å². The molecule has 4 nitrogen and oxygen atoms in total. The number of para-hydroxylation sites is 1. The van der Waals surface area contributed by atoms with Gasteiger partial charge < -0.3 is 15.2 Å². The van der Waals surface area contributed by atoms with E-state index in [0.29, 0.717) is 0 Å². The van der Waals surface area contributed by atoms with Gasteiger partial charge in [0.2, 0.25) is 0 Å².